The summed E-state index contributed by atoms with van der Waals surface area (Å²) in [6, 6.07) is 2.08. The lowest BCUT2D eigenvalue weighted by Crippen LogP contribution is -2.34. The van der Waals surface area contributed by atoms with E-state index >= 15 is 0 Å². The van der Waals surface area contributed by atoms with Crippen LogP contribution in [0.15, 0.2) is 0 Å². The van der Waals surface area contributed by atoms with E-state index in [2.05, 4.69) is 6.07 Å². The minimum atomic E-state index is -3.06. The van der Waals surface area contributed by atoms with Gasteiger partial charge in [-0.15, -0.1) is 0 Å². The van der Waals surface area contributed by atoms with Gasteiger partial charge >= 0.3 is 0 Å². The van der Waals surface area contributed by atoms with Crippen LogP contribution in [0.25, 0.3) is 0 Å². The molecule has 1 aliphatic heterocycles. The number of sulfonamides is 1. The van der Waals surface area contributed by atoms with Crippen LogP contribution < -0.4 is 0 Å². The summed E-state index contributed by atoms with van der Waals surface area (Å²) >= 11 is 0. The number of nitriles is 1. The van der Waals surface area contributed by atoms with Crippen molar-refractivity contribution in [3.8, 4) is 6.07 Å². The van der Waals surface area contributed by atoms with Gasteiger partial charge in [-0.05, 0) is 6.42 Å². The molecule has 0 atom stereocenters. The lowest BCUT2D eigenvalue weighted by molar-refractivity contribution is 0.319. The van der Waals surface area contributed by atoms with Gasteiger partial charge in [-0.3, -0.25) is 4.90 Å². The summed E-state index contributed by atoms with van der Waals surface area (Å²) in [4.78, 5) is 1.98. The minimum absolute atomic E-state index is 0.387. The molecule has 0 aliphatic carbocycles. The number of nitrogens with zero attached hydrogens (tertiary/aromatic N) is 3. The van der Waals surface area contributed by atoms with E-state index in [4.69, 9.17) is 5.26 Å². The van der Waals surface area contributed by atoms with Crippen LogP contribution in [0, 0.1) is 11.3 Å². The number of hydrogen-bond acceptors (Lipinski definition) is 4. The fraction of sp³-hybridized carbons (Fsp3) is 0.875. The normalized spacial score (nSPS) is 21.4. The Morgan fingerprint density at radius 2 is 2.00 bits per heavy atom. The van der Waals surface area contributed by atoms with Crippen LogP contribution in [-0.4, -0.2) is 56.6 Å². The van der Waals surface area contributed by atoms with E-state index in [1.54, 1.807) is 0 Å². The molecule has 0 N–H and O–H groups in total. The van der Waals surface area contributed by atoms with E-state index in [0.29, 0.717) is 26.2 Å². The summed E-state index contributed by atoms with van der Waals surface area (Å²) in [6.45, 7) is 2.92. The molecule has 0 aromatic rings. The van der Waals surface area contributed by atoms with Gasteiger partial charge in [-0.1, -0.05) is 0 Å². The second-order valence-corrected chi connectivity index (χ2v) is 5.43. The van der Waals surface area contributed by atoms with Gasteiger partial charge in [0.05, 0.1) is 18.9 Å². The quantitative estimate of drug-likeness (QED) is 0.584. The maximum atomic E-state index is 11.2. The highest BCUT2D eigenvalue weighted by Gasteiger charge is 2.20. The van der Waals surface area contributed by atoms with Gasteiger partial charge in [-0.2, -0.15) is 5.26 Å². The van der Waals surface area contributed by atoms with Crippen molar-refractivity contribution in [2.24, 2.45) is 0 Å². The molecule has 0 spiro atoms. The molecule has 80 valence electrons. The molecule has 0 aromatic carbocycles. The molecule has 0 radical (unpaired) electrons. The SMILES string of the molecule is CS(=O)(=O)N1CCCN(CC#N)CC1. The van der Waals surface area contributed by atoms with Crippen LogP contribution in [0.5, 0.6) is 0 Å². The number of hydrogen-bond donors (Lipinski definition) is 0. The van der Waals surface area contributed by atoms with Crippen molar-refractivity contribution < 1.29 is 8.42 Å². The van der Waals surface area contributed by atoms with E-state index in [9.17, 15) is 8.42 Å². The third kappa shape index (κ3) is 3.25. The molecule has 0 aromatic heterocycles. The maximum Gasteiger partial charge on any atom is 0.211 e. The second kappa shape index (κ2) is 4.73. The molecule has 0 saturated carbocycles. The zero-order valence-electron chi connectivity index (χ0n) is 8.31. The van der Waals surface area contributed by atoms with Gasteiger partial charge in [-0.25, -0.2) is 12.7 Å². The summed E-state index contributed by atoms with van der Waals surface area (Å²) in [5, 5.41) is 8.51. The molecular formula is C8H15N3O2S. The van der Waals surface area contributed by atoms with Gasteiger partial charge in [0.15, 0.2) is 0 Å². The average molecular weight is 217 g/mol. The molecule has 1 heterocycles. The Bertz CT molecular complexity index is 320. The van der Waals surface area contributed by atoms with Crippen molar-refractivity contribution in [1.29, 1.82) is 5.26 Å². The van der Waals surface area contributed by atoms with Gasteiger partial charge in [0.25, 0.3) is 0 Å². The zero-order chi connectivity index (χ0) is 10.6. The molecule has 0 unspecified atom stereocenters. The molecule has 0 amide bonds. The summed E-state index contributed by atoms with van der Waals surface area (Å²) in [5.41, 5.74) is 0. The van der Waals surface area contributed by atoms with Crippen LogP contribution >= 0.6 is 0 Å². The molecule has 1 rings (SSSR count). The zero-order valence-corrected chi connectivity index (χ0v) is 9.13. The Kier molecular flexibility index (Phi) is 3.86. The Balaban J connectivity index is 2.54. The van der Waals surface area contributed by atoms with Crippen molar-refractivity contribution in [3.05, 3.63) is 0 Å². The van der Waals surface area contributed by atoms with E-state index < -0.39 is 10.0 Å². The fourth-order valence-corrected chi connectivity index (χ4v) is 2.41. The van der Waals surface area contributed by atoms with E-state index in [-0.39, 0.29) is 0 Å². The first-order valence-corrected chi connectivity index (χ1v) is 6.43. The predicted molar refractivity (Wildman–Crippen MR) is 53.1 cm³/mol. The lowest BCUT2D eigenvalue weighted by atomic mass is 10.4. The second-order valence-electron chi connectivity index (χ2n) is 3.45. The van der Waals surface area contributed by atoms with Crippen LogP contribution in [0.3, 0.4) is 0 Å². The molecule has 1 fully saturated rings. The van der Waals surface area contributed by atoms with Crippen LogP contribution in [0.1, 0.15) is 6.42 Å². The predicted octanol–water partition coefficient (Wildman–Crippen LogP) is -0.523. The van der Waals surface area contributed by atoms with Gasteiger partial charge in [0.2, 0.25) is 10.0 Å². The Morgan fingerprint density at radius 3 is 2.57 bits per heavy atom. The van der Waals surface area contributed by atoms with Crippen molar-refractivity contribution in [1.82, 2.24) is 9.21 Å². The molecule has 1 aliphatic rings. The highest BCUT2D eigenvalue weighted by Crippen LogP contribution is 2.05. The minimum Gasteiger partial charge on any atom is -0.289 e. The van der Waals surface area contributed by atoms with Crippen molar-refractivity contribution >= 4 is 10.0 Å². The van der Waals surface area contributed by atoms with Gasteiger partial charge in [0, 0.05) is 26.2 Å². The monoisotopic (exact) mass is 217 g/mol. The Hall–Kier alpha value is -0.640. The first kappa shape index (κ1) is 11.4. The Morgan fingerprint density at radius 1 is 1.29 bits per heavy atom. The van der Waals surface area contributed by atoms with Crippen LogP contribution in [0.4, 0.5) is 0 Å². The maximum absolute atomic E-state index is 11.2. The van der Waals surface area contributed by atoms with Crippen molar-refractivity contribution in [2.75, 3.05) is 39.0 Å². The summed E-state index contributed by atoms with van der Waals surface area (Å²) in [5.74, 6) is 0. The lowest BCUT2D eigenvalue weighted by Gasteiger charge is -2.17. The average Bonchev–Trinajstić information content (AvgIpc) is 2.29. The highest BCUT2D eigenvalue weighted by atomic mass is 32.2. The molecule has 0 bridgehead atoms. The number of rotatable bonds is 2. The first-order chi connectivity index (χ1) is 6.54. The van der Waals surface area contributed by atoms with E-state index in [1.165, 1.54) is 10.6 Å². The van der Waals surface area contributed by atoms with Crippen molar-refractivity contribution in [3.63, 3.8) is 0 Å². The fourth-order valence-electron chi connectivity index (χ4n) is 1.54. The topological polar surface area (TPSA) is 64.4 Å². The van der Waals surface area contributed by atoms with Crippen LogP contribution in [0.2, 0.25) is 0 Å². The largest absolute Gasteiger partial charge is 0.289 e. The van der Waals surface area contributed by atoms with Crippen LogP contribution in [-0.2, 0) is 10.0 Å². The first-order valence-electron chi connectivity index (χ1n) is 4.58. The van der Waals surface area contributed by atoms with Gasteiger partial charge < -0.3 is 0 Å². The smallest absolute Gasteiger partial charge is 0.211 e. The van der Waals surface area contributed by atoms with Gasteiger partial charge in [0.1, 0.15) is 0 Å². The van der Waals surface area contributed by atoms with Crippen molar-refractivity contribution in [2.45, 2.75) is 6.42 Å². The third-order valence-electron chi connectivity index (χ3n) is 2.31. The molecule has 6 heteroatoms. The summed E-state index contributed by atoms with van der Waals surface area (Å²) in [6.07, 6.45) is 2.03. The summed E-state index contributed by atoms with van der Waals surface area (Å²) < 4.78 is 24.0. The Labute approximate surface area is 85.0 Å². The standard InChI is InChI=1S/C8H15N3O2S/c1-14(12,13)11-5-2-4-10(6-3-9)7-8-11/h2,4-8H2,1H3. The highest BCUT2D eigenvalue weighted by molar-refractivity contribution is 7.88. The summed E-state index contributed by atoms with van der Waals surface area (Å²) in [7, 11) is -3.06. The molecule has 14 heavy (non-hydrogen) atoms. The van der Waals surface area contributed by atoms with E-state index in [0.717, 1.165) is 13.0 Å². The molecule has 5 nitrogen and oxygen atoms in total. The molecular weight excluding hydrogens is 202 g/mol. The third-order valence-corrected chi connectivity index (χ3v) is 3.61. The molecule has 1 saturated heterocycles. The van der Waals surface area contributed by atoms with E-state index in [1.807, 2.05) is 4.90 Å².